The molecule has 26 heavy (non-hydrogen) atoms. The fraction of sp³-hybridized carbons (Fsp3) is 0.571. The van der Waals surface area contributed by atoms with Crippen molar-refractivity contribution in [2.45, 2.75) is 37.8 Å². The molecule has 5 atom stereocenters. The summed E-state index contributed by atoms with van der Waals surface area (Å²) in [5.41, 5.74) is 3.93. The summed E-state index contributed by atoms with van der Waals surface area (Å²) >= 11 is 0. The van der Waals surface area contributed by atoms with Crippen LogP contribution in [0.1, 0.15) is 31.2 Å². The number of benzene rings is 1. The summed E-state index contributed by atoms with van der Waals surface area (Å²) < 4.78 is 4.97. The number of esters is 1. The van der Waals surface area contributed by atoms with Crippen LogP contribution in [0.25, 0.3) is 0 Å². The Morgan fingerprint density at radius 1 is 1.46 bits per heavy atom. The quantitative estimate of drug-likeness (QED) is 0.643. The van der Waals surface area contributed by atoms with Crippen LogP contribution in [-0.4, -0.2) is 54.9 Å². The molecule has 0 saturated carbocycles. The summed E-state index contributed by atoms with van der Waals surface area (Å²) in [6.07, 6.45) is 4.16. The highest BCUT2D eigenvalue weighted by molar-refractivity contribution is 5.73. The first-order valence-corrected chi connectivity index (χ1v) is 9.61. The fourth-order valence-electron chi connectivity index (χ4n) is 5.32. The molecule has 1 aromatic rings. The van der Waals surface area contributed by atoms with Crippen LogP contribution in [0.5, 0.6) is 0 Å². The average molecular weight is 356 g/mol. The van der Waals surface area contributed by atoms with E-state index in [4.69, 9.17) is 4.74 Å². The molecule has 5 heteroatoms. The van der Waals surface area contributed by atoms with Gasteiger partial charge in [0.25, 0.3) is 0 Å². The zero-order chi connectivity index (χ0) is 18.3. The van der Waals surface area contributed by atoms with E-state index < -0.39 is 5.92 Å². The summed E-state index contributed by atoms with van der Waals surface area (Å²) in [5, 5.41) is 13.6. The molecule has 0 aromatic heterocycles. The zero-order valence-electron chi connectivity index (χ0n) is 15.5. The molecule has 0 amide bonds. The van der Waals surface area contributed by atoms with Crippen molar-refractivity contribution >= 4 is 11.7 Å². The maximum atomic E-state index is 12.2. The van der Waals surface area contributed by atoms with Gasteiger partial charge in [0.1, 0.15) is 0 Å². The number of aliphatic hydroxyl groups excluding tert-OH is 1. The monoisotopic (exact) mass is 356 g/mol. The minimum absolute atomic E-state index is 0.0444. The van der Waals surface area contributed by atoms with Crippen molar-refractivity contribution in [1.82, 2.24) is 4.90 Å². The fourth-order valence-corrected chi connectivity index (χ4v) is 5.32. The second-order valence-electron chi connectivity index (χ2n) is 7.71. The lowest BCUT2D eigenvalue weighted by Crippen LogP contribution is -2.57. The van der Waals surface area contributed by atoms with Gasteiger partial charge in [-0.25, -0.2) is 0 Å². The molecular weight excluding hydrogens is 328 g/mol. The summed E-state index contributed by atoms with van der Waals surface area (Å²) in [5.74, 6) is -0.202. The van der Waals surface area contributed by atoms with Crippen molar-refractivity contribution in [3.05, 3.63) is 41.5 Å². The largest absolute Gasteiger partial charge is 0.469 e. The number of nitrogens with zero attached hydrogens (tertiary/aromatic N) is 1. The molecule has 1 aromatic carbocycles. The second kappa shape index (κ2) is 7.05. The van der Waals surface area contributed by atoms with Crippen LogP contribution >= 0.6 is 0 Å². The van der Waals surface area contributed by atoms with Gasteiger partial charge in [-0.1, -0.05) is 29.8 Å². The molecule has 2 fully saturated rings. The van der Waals surface area contributed by atoms with E-state index >= 15 is 0 Å². The molecule has 2 saturated heterocycles. The van der Waals surface area contributed by atoms with Gasteiger partial charge in [0.2, 0.25) is 0 Å². The first kappa shape index (κ1) is 17.6. The van der Waals surface area contributed by atoms with E-state index in [2.05, 4.69) is 40.6 Å². The van der Waals surface area contributed by atoms with Gasteiger partial charge in [0.15, 0.2) is 0 Å². The third kappa shape index (κ3) is 2.74. The van der Waals surface area contributed by atoms with Gasteiger partial charge in [-0.3, -0.25) is 9.69 Å². The predicted molar refractivity (Wildman–Crippen MR) is 101 cm³/mol. The first-order valence-electron chi connectivity index (χ1n) is 9.61. The highest BCUT2D eigenvalue weighted by Crippen LogP contribution is 2.47. The number of hydrogen-bond acceptors (Lipinski definition) is 5. The number of fused-ring (bicyclic) bond motifs is 5. The number of aliphatic hydroxyl groups is 1. The SMILES string of the molecule is CC=C1CN2CCC3c4ccccc4NC3C2CC1C(CO)C(=O)OC. The summed E-state index contributed by atoms with van der Waals surface area (Å²) in [4.78, 5) is 14.8. The van der Waals surface area contributed by atoms with Crippen LogP contribution in [0.2, 0.25) is 0 Å². The number of anilines is 1. The zero-order valence-corrected chi connectivity index (χ0v) is 15.5. The molecule has 5 nitrogen and oxygen atoms in total. The van der Waals surface area contributed by atoms with Crippen molar-refractivity contribution in [2.75, 3.05) is 32.1 Å². The van der Waals surface area contributed by atoms with Crippen LogP contribution in [0.4, 0.5) is 5.69 Å². The van der Waals surface area contributed by atoms with Crippen LogP contribution in [-0.2, 0) is 9.53 Å². The van der Waals surface area contributed by atoms with Gasteiger partial charge < -0.3 is 15.2 Å². The predicted octanol–water partition coefficient (Wildman–Crippen LogP) is 2.39. The molecule has 140 valence electrons. The Labute approximate surface area is 155 Å². The van der Waals surface area contributed by atoms with Crippen molar-refractivity contribution in [1.29, 1.82) is 0 Å². The van der Waals surface area contributed by atoms with E-state index in [0.29, 0.717) is 18.0 Å². The maximum absolute atomic E-state index is 12.2. The average Bonchev–Trinajstić information content (AvgIpc) is 3.07. The molecule has 0 spiro atoms. The molecule has 3 aliphatic rings. The Bertz CT molecular complexity index is 717. The number of rotatable bonds is 3. The molecule has 0 bridgehead atoms. The van der Waals surface area contributed by atoms with Crippen molar-refractivity contribution in [3.63, 3.8) is 0 Å². The summed E-state index contributed by atoms with van der Waals surface area (Å²) in [6, 6.07) is 9.36. The highest BCUT2D eigenvalue weighted by atomic mass is 16.5. The molecule has 3 heterocycles. The number of piperidine rings is 2. The molecular formula is C21H28N2O3. The minimum atomic E-state index is -0.475. The minimum Gasteiger partial charge on any atom is -0.469 e. The lowest BCUT2D eigenvalue weighted by atomic mass is 9.72. The number of nitrogens with one attached hydrogen (secondary N) is 1. The van der Waals surface area contributed by atoms with E-state index in [1.165, 1.54) is 23.9 Å². The lowest BCUT2D eigenvalue weighted by Gasteiger charge is -2.49. The van der Waals surface area contributed by atoms with E-state index in [1.54, 1.807) is 0 Å². The van der Waals surface area contributed by atoms with Crippen molar-refractivity contribution < 1.29 is 14.6 Å². The number of methoxy groups -OCH3 is 1. The van der Waals surface area contributed by atoms with Gasteiger partial charge in [0.05, 0.1) is 19.6 Å². The summed E-state index contributed by atoms with van der Waals surface area (Å²) in [6.45, 7) is 3.82. The maximum Gasteiger partial charge on any atom is 0.311 e. The van der Waals surface area contributed by atoms with E-state index in [0.717, 1.165) is 25.9 Å². The first-order chi connectivity index (χ1) is 12.7. The lowest BCUT2D eigenvalue weighted by molar-refractivity contribution is -0.149. The number of carbonyl (C=O) groups is 1. The summed E-state index contributed by atoms with van der Waals surface area (Å²) in [7, 11) is 1.40. The number of carbonyl (C=O) groups excluding carboxylic acids is 1. The Morgan fingerprint density at radius 2 is 2.27 bits per heavy atom. The molecule has 0 radical (unpaired) electrons. The third-order valence-electron chi connectivity index (χ3n) is 6.64. The van der Waals surface area contributed by atoms with Crippen molar-refractivity contribution in [2.24, 2.45) is 11.8 Å². The van der Waals surface area contributed by atoms with Crippen LogP contribution in [0.3, 0.4) is 0 Å². The molecule has 2 N–H and O–H groups in total. The third-order valence-corrected chi connectivity index (χ3v) is 6.64. The van der Waals surface area contributed by atoms with Gasteiger partial charge in [-0.15, -0.1) is 0 Å². The molecule has 5 unspecified atom stereocenters. The van der Waals surface area contributed by atoms with E-state index in [1.807, 2.05) is 6.92 Å². The molecule has 4 rings (SSSR count). The smallest absolute Gasteiger partial charge is 0.311 e. The number of hydrogen-bond donors (Lipinski definition) is 2. The Balaban J connectivity index is 1.62. The van der Waals surface area contributed by atoms with Gasteiger partial charge in [-0.2, -0.15) is 0 Å². The topological polar surface area (TPSA) is 61.8 Å². The Morgan fingerprint density at radius 3 is 3.00 bits per heavy atom. The van der Waals surface area contributed by atoms with E-state index in [-0.39, 0.29) is 18.5 Å². The van der Waals surface area contributed by atoms with Crippen LogP contribution in [0, 0.1) is 11.8 Å². The molecule has 0 aliphatic carbocycles. The number of ether oxygens (including phenoxy) is 1. The Kier molecular flexibility index (Phi) is 4.76. The van der Waals surface area contributed by atoms with Crippen molar-refractivity contribution in [3.8, 4) is 0 Å². The van der Waals surface area contributed by atoms with Gasteiger partial charge >= 0.3 is 5.97 Å². The standard InChI is InChI=1S/C21H28N2O3/c1-3-13-11-23-9-8-15-14-6-4-5-7-18(14)22-20(15)19(23)10-16(13)17(12-24)21(25)26-2/h3-7,15-17,19-20,22,24H,8-12H2,1-2H3. The normalized spacial score (nSPS) is 33.0. The number of para-hydroxylation sites is 1. The highest BCUT2D eigenvalue weighted by Gasteiger charge is 2.48. The Hall–Kier alpha value is -1.85. The second-order valence-corrected chi connectivity index (χ2v) is 7.71. The van der Waals surface area contributed by atoms with Crippen LogP contribution < -0.4 is 5.32 Å². The van der Waals surface area contributed by atoms with Gasteiger partial charge in [0, 0.05) is 30.2 Å². The number of allylic oxidation sites excluding steroid dienone is 1. The van der Waals surface area contributed by atoms with E-state index in [9.17, 15) is 9.90 Å². The van der Waals surface area contributed by atoms with Gasteiger partial charge in [-0.05, 0) is 43.9 Å². The molecule has 3 aliphatic heterocycles. The van der Waals surface area contributed by atoms with Crippen LogP contribution in [0.15, 0.2) is 35.9 Å².